The van der Waals surface area contributed by atoms with Gasteiger partial charge in [0.1, 0.15) is 11.9 Å². The number of anilines is 1. The van der Waals surface area contributed by atoms with Crippen LogP contribution in [0.5, 0.6) is 0 Å². The van der Waals surface area contributed by atoms with Gasteiger partial charge < -0.3 is 25.3 Å². The van der Waals surface area contributed by atoms with Gasteiger partial charge >= 0.3 is 17.7 Å². The van der Waals surface area contributed by atoms with Crippen LogP contribution in [0.3, 0.4) is 0 Å². The van der Waals surface area contributed by atoms with E-state index in [1.807, 2.05) is 24.4 Å². The Morgan fingerprint density at radius 3 is 2.48 bits per heavy atom. The molecule has 1 aliphatic rings. The van der Waals surface area contributed by atoms with Crippen molar-refractivity contribution in [2.75, 3.05) is 25.5 Å². The van der Waals surface area contributed by atoms with Crippen molar-refractivity contribution >= 4 is 57.8 Å². The number of para-hydroxylation sites is 1. The lowest BCUT2D eigenvalue weighted by Crippen LogP contribution is -2.52. The van der Waals surface area contributed by atoms with Crippen LogP contribution >= 0.6 is 23.2 Å². The molecule has 1 saturated heterocycles. The number of carbonyl (C=O) groups excluding carboxylic acids is 3. The summed E-state index contributed by atoms with van der Waals surface area (Å²) >= 11 is 12.2. The molecule has 0 unspecified atom stereocenters. The van der Waals surface area contributed by atoms with E-state index in [0.717, 1.165) is 22.9 Å². The second-order valence-corrected chi connectivity index (χ2v) is 10.7. The fourth-order valence-corrected chi connectivity index (χ4v) is 5.68. The monoisotopic (exact) mass is 610 g/mol. The zero-order valence-corrected chi connectivity index (χ0v) is 24.1. The van der Waals surface area contributed by atoms with Gasteiger partial charge in [-0.3, -0.25) is 9.36 Å². The lowest BCUT2D eigenvalue weighted by Gasteiger charge is -2.33. The summed E-state index contributed by atoms with van der Waals surface area (Å²) in [5.41, 5.74) is 1.62. The maximum absolute atomic E-state index is 13.1. The average molecular weight is 611 g/mol. The predicted octanol–water partition coefficient (Wildman–Crippen LogP) is 4.41. The zero-order chi connectivity index (χ0) is 29.8. The number of piperidine rings is 1. The second kappa shape index (κ2) is 12.7. The Labute approximate surface area is 250 Å². The average Bonchev–Trinajstić information content (AvgIpc) is 3.42. The molecule has 1 fully saturated rings. The number of H-pyrrole nitrogens is 1. The molecule has 0 spiro atoms. The summed E-state index contributed by atoms with van der Waals surface area (Å²) in [6.07, 6.45) is 4.93. The highest BCUT2D eigenvalue weighted by Gasteiger charge is 2.29. The Morgan fingerprint density at radius 1 is 1.07 bits per heavy atom. The summed E-state index contributed by atoms with van der Waals surface area (Å²) in [7, 11) is 1.20. The molecule has 2 aromatic heterocycles. The molecule has 0 aliphatic carbocycles. The summed E-state index contributed by atoms with van der Waals surface area (Å²) < 4.78 is 6.02. The molecule has 42 heavy (non-hydrogen) atoms. The molecule has 5 rings (SSSR count). The third kappa shape index (κ3) is 6.27. The number of nitrogens with zero attached hydrogens (tertiary/aromatic N) is 3. The fourth-order valence-electron chi connectivity index (χ4n) is 5.11. The molecule has 218 valence electrons. The number of halogens is 2. The molecule has 0 saturated carbocycles. The van der Waals surface area contributed by atoms with E-state index in [9.17, 15) is 19.2 Å². The maximum atomic E-state index is 13.1. The van der Waals surface area contributed by atoms with Crippen LogP contribution < -0.4 is 16.3 Å². The lowest BCUT2D eigenvalue weighted by atomic mass is 9.89. The minimum atomic E-state index is -1.14. The van der Waals surface area contributed by atoms with Gasteiger partial charge in [-0.25, -0.2) is 14.4 Å². The Morgan fingerprint density at radius 2 is 1.79 bits per heavy atom. The number of ether oxygens (including phenoxy) is 1. The summed E-state index contributed by atoms with van der Waals surface area (Å²) in [6, 6.07) is 12.6. The molecule has 3 amide bonds. The van der Waals surface area contributed by atoms with Crippen molar-refractivity contribution < 1.29 is 19.1 Å². The van der Waals surface area contributed by atoms with Crippen molar-refractivity contribution in [2.24, 2.45) is 0 Å². The molecular weight excluding hydrogens is 583 g/mol. The van der Waals surface area contributed by atoms with Crippen molar-refractivity contribution in [3.05, 3.63) is 92.6 Å². The molecule has 1 aliphatic heterocycles. The van der Waals surface area contributed by atoms with E-state index in [0.29, 0.717) is 19.0 Å². The van der Waals surface area contributed by atoms with Gasteiger partial charge in [-0.15, -0.1) is 0 Å². The topological polar surface area (TPSA) is 138 Å². The van der Waals surface area contributed by atoms with Crippen molar-refractivity contribution in [1.82, 2.24) is 24.8 Å². The number of methoxy groups -OCH3 is 1. The fraction of sp³-hybridized carbons (Fsp3) is 0.276. The minimum absolute atomic E-state index is 0.0334. The minimum Gasteiger partial charge on any atom is -0.467 e. The van der Waals surface area contributed by atoms with Crippen LogP contribution in [0.4, 0.5) is 10.6 Å². The number of nitrogens with one attached hydrogen (secondary N) is 3. The number of hydrogen-bond acceptors (Lipinski definition) is 6. The summed E-state index contributed by atoms with van der Waals surface area (Å²) in [5.74, 6) is -1.08. The highest BCUT2D eigenvalue weighted by Crippen LogP contribution is 2.33. The number of hydrogen-bond donors (Lipinski definition) is 3. The van der Waals surface area contributed by atoms with E-state index < -0.39 is 29.6 Å². The number of likely N-dealkylation sites (tertiary alicyclic amines) is 1. The number of fused-ring (bicyclic) bond motifs is 1. The zero-order valence-electron chi connectivity index (χ0n) is 22.6. The third-order valence-electron chi connectivity index (χ3n) is 7.31. The first-order chi connectivity index (χ1) is 20.2. The van der Waals surface area contributed by atoms with Crippen molar-refractivity contribution in [1.29, 1.82) is 0 Å². The van der Waals surface area contributed by atoms with E-state index >= 15 is 0 Å². The van der Waals surface area contributed by atoms with Gasteiger partial charge in [-0.1, -0.05) is 47.5 Å². The van der Waals surface area contributed by atoms with Crippen molar-refractivity contribution in [3.8, 4) is 0 Å². The van der Waals surface area contributed by atoms with Gasteiger partial charge in [-0.2, -0.15) is 4.98 Å². The first-order valence-electron chi connectivity index (χ1n) is 13.3. The van der Waals surface area contributed by atoms with Crippen LogP contribution in [-0.4, -0.2) is 63.6 Å². The molecule has 2 aromatic carbocycles. The molecule has 4 aromatic rings. The molecule has 3 heterocycles. The third-order valence-corrected chi connectivity index (χ3v) is 7.94. The Hall–Kier alpha value is -4.35. The van der Waals surface area contributed by atoms with Crippen LogP contribution in [0.25, 0.3) is 10.9 Å². The number of amides is 3. The highest BCUT2D eigenvalue weighted by molar-refractivity contribution is 6.40. The van der Waals surface area contributed by atoms with Crippen molar-refractivity contribution in [3.63, 3.8) is 0 Å². The largest absolute Gasteiger partial charge is 0.467 e. The maximum Gasteiger partial charge on any atom is 0.349 e. The van der Waals surface area contributed by atoms with Crippen LogP contribution in [0.15, 0.2) is 65.7 Å². The number of aromatic nitrogens is 3. The molecule has 0 bridgehead atoms. The second-order valence-electron chi connectivity index (χ2n) is 9.87. The molecule has 0 radical (unpaired) electrons. The first kappa shape index (κ1) is 29.2. The quantitative estimate of drug-likeness (QED) is 0.265. The number of rotatable bonds is 7. The number of benzene rings is 2. The van der Waals surface area contributed by atoms with Crippen molar-refractivity contribution in [2.45, 2.75) is 31.3 Å². The smallest absolute Gasteiger partial charge is 0.349 e. The summed E-state index contributed by atoms with van der Waals surface area (Å²) in [4.78, 5) is 59.8. The number of urea groups is 1. The summed E-state index contributed by atoms with van der Waals surface area (Å²) in [5, 5.41) is 6.66. The molecule has 11 nitrogen and oxygen atoms in total. The van der Waals surface area contributed by atoms with Gasteiger partial charge in [0.25, 0.3) is 5.91 Å². The lowest BCUT2D eigenvalue weighted by molar-refractivity contribution is -0.143. The number of aromatic amines is 1. The van der Waals surface area contributed by atoms with Gasteiger partial charge in [0.05, 0.1) is 29.3 Å². The van der Waals surface area contributed by atoms with Gasteiger partial charge in [0.2, 0.25) is 0 Å². The van der Waals surface area contributed by atoms with Gasteiger partial charge in [0, 0.05) is 36.4 Å². The van der Waals surface area contributed by atoms with E-state index in [-0.39, 0.29) is 28.0 Å². The normalized spacial score (nSPS) is 14.4. The Kier molecular flexibility index (Phi) is 8.79. The highest BCUT2D eigenvalue weighted by atomic mass is 35.5. The number of esters is 1. The van der Waals surface area contributed by atoms with E-state index in [1.54, 1.807) is 11.0 Å². The SMILES string of the molecule is COC(=O)[C@H](Cn1ccc(NC(=O)c2c(Cl)cccc2Cl)nc1=O)NC(=O)N1CCC(c2c[nH]c3ccccc23)CC1. The van der Waals surface area contributed by atoms with Gasteiger partial charge in [-0.05, 0) is 48.6 Å². The van der Waals surface area contributed by atoms with E-state index in [2.05, 4.69) is 26.7 Å². The molecule has 13 heteroatoms. The van der Waals surface area contributed by atoms with E-state index in [4.69, 9.17) is 27.9 Å². The predicted molar refractivity (Wildman–Crippen MR) is 159 cm³/mol. The Balaban J connectivity index is 1.21. The molecular formula is C29H28Cl2N6O5. The summed E-state index contributed by atoms with van der Waals surface area (Å²) in [6.45, 7) is 0.797. The molecule has 3 N–H and O–H groups in total. The van der Waals surface area contributed by atoms with Crippen LogP contribution in [0, 0.1) is 0 Å². The van der Waals surface area contributed by atoms with Crippen LogP contribution in [-0.2, 0) is 16.1 Å². The number of carbonyl (C=O) groups is 3. The first-order valence-corrected chi connectivity index (χ1v) is 14.0. The van der Waals surface area contributed by atoms with Gasteiger partial charge in [0.15, 0.2) is 0 Å². The van der Waals surface area contributed by atoms with Crippen LogP contribution in [0.2, 0.25) is 10.0 Å². The van der Waals surface area contributed by atoms with E-state index in [1.165, 1.54) is 42.5 Å². The standard InChI is InChI=1S/C29H28Cl2N6O5/c1-42-27(39)23(16-37-14-11-24(35-29(37)41)34-26(38)25-20(30)6-4-7-21(25)31)33-28(40)36-12-9-17(10-13-36)19-15-32-22-8-3-2-5-18(19)22/h2-8,11,14-15,17,23,32H,9-10,12-13,16H2,1H3,(H,33,40)(H,34,35,38,41)/t23-/m0/s1. The molecule has 1 atom stereocenters. The Bertz CT molecular complexity index is 1680. The van der Waals surface area contributed by atoms with Crippen LogP contribution in [0.1, 0.15) is 34.7 Å².